The quantitative estimate of drug-likeness (QED) is 0.852. The molecular formula is C13H10FNO2. The third-order valence-corrected chi connectivity index (χ3v) is 2.26. The van der Waals surface area contributed by atoms with Crippen molar-refractivity contribution in [2.75, 3.05) is 5.32 Å². The summed E-state index contributed by atoms with van der Waals surface area (Å²) in [7, 11) is 0. The van der Waals surface area contributed by atoms with Gasteiger partial charge < -0.3 is 10.4 Å². The highest BCUT2D eigenvalue weighted by Crippen LogP contribution is 2.17. The Hall–Kier alpha value is -2.36. The maximum Gasteiger partial charge on any atom is 0.335 e. The lowest BCUT2D eigenvalue weighted by molar-refractivity contribution is 0.0697. The molecule has 86 valence electrons. The average molecular weight is 231 g/mol. The van der Waals surface area contributed by atoms with E-state index < -0.39 is 5.97 Å². The van der Waals surface area contributed by atoms with Gasteiger partial charge >= 0.3 is 5.97 Å². The molecule has 0 aliphatic rings. The molecule has 0 saturated carbocycles. The molecule has 0 aromatic heterocycles. The Morgan fingerprint density at radius 2 is 1.41 bits per heavy atom. The van der Waals surface area contributed by atoms with Gasteiger partial charge in [-0.2, -0.15) is 0 Å². The number of carbonyl (C=O) groups is 1. The molecule has 0 amide bonds. The Morgan fingerprint density at radius 1 is 0.941 bits per heavy atom. The highest BCUT2D eigenvalue weighted by Gasteiger charge is 2.01. The fourth-order valence-electron chi connectivity index (χ4n) is 1.40. The van der Waals surface area contributed by atoms with Gasteiger partial charge in [-0.15, -0.1) is 0 Å². The Labute approximate surface area is 97.5 Å². The largest absolute Gasteiger partial charge is 0.478 e. The Kier molecular flexibility index (Phi) is 3.05. The Morgan fingerprint density at radius 3 is 1.88 bits per heavy atom. The van der Waals surface area contributed by atoms with Crippen LogP contribution >= 0.6 is 0 Å². The molecule has 2 N–H and O–H groups in total. The molecule has 2 rings (SSSR count). The van der Waals surface area contributed by atoms with Crippen molar-refractivity contribution in [2.24, 2.45) is 0 Å². The van der Waals surface area contributed by atoms with E-state index in [2.05, 4.69) is 5.32 Å². The summed E-state index contributed by atoms with van der Waals surface area (Å²) in [6.07, 6.45) is 0. The van der Waals surface area contributed by atoms with E-state index in [1.165, 1.54) is 24.3 Å². The third kappa shape index (κ3) is 2.81. The van der Waals surface area contributed by atoms with Gasteiger partial charge in [0.2, 0.25) is 0 Å². The summed E-state index contributed by atoms with van der Waals surface area (Å²) >= 11 is 0. The molecule has 0 radical (unpaired) electrons. The second-order valence-corrected chi connectivity index (χ2v) is 3.51. The van der Waals surface area contributed by atoms with Gasteiger partial charge in [-0.1, -0.05) is 0 Å². The number of halogens is 1. The molecule has 0 saturated heterocycles. The van der Waals surface area contributed by atoms with E-state index in [0.717, 1.165) is 11.4 Å². The zero-order valence-corrected chi connectivity index (χ0v) is 8.85. The topological polar surface area (TPSA) is 49.3 Å². The van der Waals surface area contributed by atoms with Crippen LogP contribution in [-0.4, -0.2) is 11.1 Å². The lowest BCUT2D eigenvalue weighted by Gasteiger charge is -2.06. The molecule has 3 nitrogen and oxygen atoms in total. The van der Waals surface area contributed by atoms with Crippen LogP contribution in [0.1, 0.15) is 10.4 Å². The molecule has 0 aliphatic heterocycles. The average Bonchev–Trinajstić information content (AvgIpc) is 2.33. The van der Waals surface area contributed by atoms with Crippen LogP contribution in [0.4, 0.5) is 15.8 Å². The fourth-order valence-corrected chi connectivity index (χ4v) is 1.40. The van der Waals surface area contributed by atoms with Crippen molar-refractivity contribution in [3.8, 4) is 0 Å². The molecule has 0 aliphatic carbocycles. The predicted molar refractivity (Wildman–Crippen MR) is 63.1 cm³/mol. The van der Waals surface area contributed by atoms with E-state index in [1.54, 1.807) is 24.3 Å². The summed E-state index contributed by atoms with van der Waals surface area (Å²) in [4.78, 5) is 10.6. The number of benzene rings is 2. The van der Waals surface area contributed by atoms with Gasteiger partial charge in [0.1, 0.15) is 5.82 Å². The monoisotopic (exact) mass is 231 g/mol. The second kappa shape index (κ2) is 4.65. The van der Waals surface area contributed by atoms with Gasteiger partial charge in [-0.25, -0.2) is 9.18 Å². The first-order chi connectivity index (χ1) is 8.15. The SMILES string of the molecule is O=C(O)c1ccc(Nc2ccc(F)cc2)cc1. The van der Waals surface area contributed by atoms with Crippen molar-refractivity contribution in [2.45, 2.75) is 0 Å². The standard InChI is InChI=1S/C13H10FNO2/c14-10-3-7-12(8-4-10)15-11-5-1-9(2-6-11)13(16)17/h1-8,15H,(H,16,17). The molecule has 0 unspecified atom stereocenters. The highest BCUT2D eigenvalue weighted by atomic mass is 19.1. The van der Waals surface area contributed by atoms with Gasteiger partial charge in [-0.05, 0) is 48.5 Å². The number of aromatic carboxylic acids is 1. The van der Waals surface area contributed by atoms with Crippen LogP contribution in [0.2, 0.25) is 0 Å². The van der Waals surface area contributed by atoms with Crippen LogP contribution in [0, 0.1) is 5.82 Å². The first kappa shape index (κ1) is 11.1. The van der Waals surface area contributed by atoms with Gasteiger partial charge in [0.05, 0.1) is 5.56 Å². The zero-order chi connectivity index (χ0) is 12.3. The summed E-state index contributed by atoms with van der Waals surface area (Å²) in [5, 5.41) is 11.8. The third-order valence-electron chi connectivity index (χ3n) is 2.26. The predicted octanol–water partition coefficient (Wildman–Crippen LogP) is 3.27. The smallest absolute Gasteiger partial charge is 0.335 e. The number of carboxylic acids is 1. The molecule has 4 heteroatoms. The van der Waals surface area contributed by atoms with E-state index in [1.807, 2.05) is 0 Å². The van der Waals surface area contributed by atoms with Crippen LogP contribution in [0.25, 0.3) is 0 Å². The van der Waals surface area contributed by atoms with Crippen molar-refractivity contribution in [3.63, 3.8) is 0 Å². The normalized spacial score (nSPS) is 9.94. The number of hydrogen-bond acceptors (Lipinski definition) is 2. The van der Waals surface area contributed by atoms with Crippen molar-refractivity contribution >= 4 is 17.3 Å². The molecule has 17 heavy (non-hydrogen) atoms. The number of rotatable bonds is 3. The van der Waals surface area contributed by atoms with Crippen LogP contribution < -0.4 is 5.32 Å². The minimum Gasteiger partial charge on any atom is -0.478 e. The van der Waals surface area contributed by atoms with Crippen molar-refractivity contribution in [1.82, 2.24) is 0 Å². The van der Waals surface area contributed by atoms with E-state index >= 15 is 0 Å². The van der Waals surface area contributed by atoms with E-state index in [9.17, 15) is 9.18 Å². The highest BCUT2D eigenvalue weighted by molar-refractivity contribution is 5.88. The molecule has 0 spiro atoms. The molecular weight excluding hydrogens is 221 g/mol. The van der Waals surface area contributed by atoms with Crippen LogP contribution in [0.15, 0.2) is 48.5 Å². The summed E-state index contributed by atoms with van der Waals surface area (Å²) in [6, 6.07) is 12.3. The lowest BCUT2D eigenvalue weighted by atomic mass is 10.2. The summed E-state index contributed by atoms with van der Waals surface area (Å²) in [6.45, 7) is 0. The van der Waals surface area contributed by atoms with Gasteiger partial charge in [0.25, 0.3) is 0 Å². The summed E-state index contributed by atoms with van der Waals surface area (Å²) in [5.74, 6) is -1.25. The molecule has 0 atom stereocenters. The summed E-state index contributed by atoms with van der Waals surface area (Å²) < 4.78 is 12.7. The Balaban J connectivity index is 2.13. The number of hydrogen-bond donors (Lipinski definition) is 2. The number of anilines is 2. The van der Waals surface area contributed by atoms with Crippen LogP contribution in [0.5, 0.6) is 0 Å². The minimum absolute atomic E-state index is 0.231. The molecule has 2 aromatic rings. The molecule has 2 aromatic carbocycles. The van der Waals surface area contributed by atoms with Gasteiger partial charge in [0, 0.05) is 11.4 Å². The van der Waals surface area contributed by atoms with Crippen LogP contribution in [-0.2, 0) is 0 Å². The number of carboxylic acid groups (broad SMARTS) is 1. The first-order valence-electron chi connectivity index (χ1n) is 5.01. The van der Waals surface area contributed by atoms with E-state index in [4.69, 9.17) is 5.11 Å². The Bertz CT molecular complexity index is 520. The fraction of sp³-hybridized carbons (Fsp3) is 0. The van der Waals surface area contributed by atoms with Crippen molar-refractivity contribution in [3.05, 3.63) is 59.9 Å². The van der Waals surface area contributed by atoms with Gasteiger partial charge in [-0.3, -0.25) is 0 Å². The number of nitrogens with one attached hydrogen (secondary N) is 1. The zero-order valence-electron chi connectivity index (χ0n) is 8.85. The van der Waals surface area contributed by atoms with E-state index in [0.29, 0.717) is 0 Å². The molecule has 0 fully saturated rings. The van der Waals surface area contributed by atoms with Crippen LogP contribution in [0.3, 0.4) is 0 Å². The molecule has 0 bridgehead atoms. The van der Waals surface area contributed by atoms with Crippen molar-refractivity contribution < 1.29 is 14.3 Å². The summed E-state index contributed by atoms with van der Waals surface area (Å²) in [5.41, 5.74) is 1.73. The lowest BCUT2D eigenvalue weighted by Crippen LogP contribution is -1.96. The van der Waals surface area contributed by atoms with E-state index in [-0.39, 0.29) is 11.4 Å². The second-order valence-electron chi connectivity index (χ2n) is 3.51. The van der Waals surface area contributed by atoms with Crippen molar-refractivity contribution in [1.29, 1.82) is 0 Å². The molecule has 0 heterocycles. The van der Waals surface area contributed by atoms with Gasteiger partial charge in [0.15, 0.2) is 0 Å². The maximum atomic E-state index is 12.7. The first-order valence-corrected chi connectivity index (χ1v) is 5.01. The minimum atomic E-state index is -0.960. The maximum absolute atomic E-state index is 12.7.